The number of urea groups is 1. The highest BCUT2D eigenvalue weighted by Crippen LogP contribution is 2.17. The van der Waals surface area contributed by atoms with Crippen molar-refractivity contribution < 1.29 is 13.6 Å². The van der Waals surface area contributed by atoms with Crippen LogP contribution in [0.3, 0.4) is 0 Å². The fraction of sp³-hybridized carbons (Fsp3) is 0.500. The lowest BCUT2D eigenvalue weighted by Crippen LogP contribution is -2.37. The van der Waals surface area contributed by atoms with Crippen molar-refractivity contribution in [2.45, 2.75) is 44.6 Å². The number of amides is 2. The van der Waals surface area contributed by atoms with Crippen molar-refractivity contribution in [3.8, 4) is 0 Å². The van der Waals surface area contributed by atoms with E-state index in [9.17, 15) is 13.6 Å². The van der Waals surface area contributed by atoms with Crippen LogP contribution >= 0.6 is 0 Å². The van der Waals surface area contributed by atoms with Crippen molar-refractivity contribution in [2.75, 3.05) is 5.32 Å². The van der Waals surface area contributed by atoms with Crippen molar-refractivity contribution in [3.05, 3.63) is 29.8 Å². The van der Waals surface area contributed by atoms with Gasteiger partial charge in [0, 0.05) is 17.8 Å². The summed E-state index contributed by atoms with van der Waals surface area (Å²) in [7, 11) is 0. The van der Waals surface area contributed by atoms with Crippen LogP contribution < -0.4 is 10.6 Å². The van der Waals surface area contributed by atoms with Crippen LogP contribution in [0.2, 0.25) is 0 Å². The fourth-order valence-electron chi connectivity index (χ4n) is 2.40. The number of hydrogen-bond acceptors (Lipinski definition) is 1. The third-order valence-corrected chi connectivity index (χ3v) is 3.31. The molecule has 2 amide bonds. The quantitative estimate of drug-likeness (QED) is 0.787. The molecule has 104 valence electrons. The summed E-state index contributed by atoms with van der Waals surface area (Å²) in [5.41, 5.74) is 0.128. The van der Waals surface area contributed by atoms with E-state index in [2.05, 4.69) is 10.6 Å². The maximum Gasteiger partial charge on any atom is 0.319 e. The Hall–Kier alpha value is -1.65. The third-order valence-electron chi connectivity index (χ3n) is 3.31. The van der Waals surface area contributed by atoms with Crippen LogP contribution in [0.15, 0.2) is 18.2 Å². The van der Waals surface area contributed by atoms with Crippen LogP contribution in [0.4, 0.5) is 19.3 Å². The van der Waals surface area contributed by atoms with E-state index < -0.39 is 17.7 Å². The molecule has 1 aromatic carbocycles. The standard InChI is InChI=1S/C14H18F2N2O/c15-10-7-11(16)9-13(8-10)18-14(19)17-12-5-3-1-2-4-6-12/h7-9,12H,1-6H2,(H2,17,18,19). The van der Waals surface area contributed by atoms with Crippen LogP contribution in [0, 0.1) is 11.6 Å². The number of anilines is 1. The van der Waals surface area contributed by atoms with E-state index >= 15 is 0 Å². The zero-order valence-corrected chi connectivity index (χ0v) is 10.7. The molecule has 0 saturated heterocycles. The van der Waals surface area contributed by atoms with E-state index in [1.165, 1.54) is 12.8 Å². The van der Waals surface area contributed by atoms with Crippen molar-refractivity contribution >= 4 is 11.7 Å². The predicted molar refractivity (Wildman–Crippen MR) is 70.0 cm³/mol. The van der Waals surface area contributed by atoms with Gasteiger partial charge in [0.1, 0.15) is 11.6 Å². The van der Waals surface area contributed by atoms with Gasteiger partial charge in [-0.3, -0.25) is 0 Å². The highest BCUT2D eigenvalue weighted by molar-refractivity contribution is 5.89. The molecule has 0 bridgehead atoms. The molecule has 0 unspecified atom stereocenters. The highest BCUT2D eigenvalue weighted by Gasteiger charge is 2.14. The van der Waals surface area contributed by atoms with E-state index in [1.54, 1.807) is 0 Å². The van der Waals surface area contributed by atoms with Crippen LogP contribution in [-0.2, 0) is 0 Å². The van der Waals surface area contributed by atoms with Gasteiger partial charge < -0.3 is 10.6 Å². The van der Waals surface area contributed by atoms with Gasteiger partial charge >= 0.3 is 6.03 Å². The van der Waals surface area contributed by atoms with E-state index in [1.807, 2.05) is 0 Å². The third kappa shape index (κ3) is 4.50. The van der Waals surface area contributed by atoms with E-state index in [0.717, 1.165) is 43.9 Å². The zero-order chi connectivity index (χ0) is 13.7. The SMILES string of the molecule is O=C(Nc1cc(F)cc(F)c1)NC1CCCCCC1. The molecule has 1 aliphatic rings. The summed E-state index contributed by atoms with van der Waals surface area (Å²) in [6, 6.07) is 2.71. The minimum atomic E-state index is -0.704. The van der Waals surface area contributed by atoms with Crippen LogP contribution in [0.25, 0.3) is 0 Å². The van der Waals surface area contributed by atoms with Crippen LogP contribution in [0.1, 0.15) is 38.5 Å². The van der Waals surface area contributed by atoms with Crippen molar-refractivity contribution in [2.24, 2.45) is 0 Å². The van der Waals surface area contributed by atoms with Gasteiger partial charge in [-0.25, -0.2) is 13.6 Å². The Bertz CT molecular complexity index is 423. The molecule has 0 heterocycles. The Morgan fingerprint density at radius 3 is 2.16 bits per heavy atom. The van der Waals surface area contributed by atoms with Gasteiger partial charge in [0.05, 0.1) is 0 Å². The predicted octanol–water partition coefficient (Wildman–Crippen LogP) is 3.81. The van der Waals surface area contributed by atoms with E-state index in [4.69, 9.17) is 0 Å². The summed E-state index contributed by atoms with van der Waals surface area (Å²) in [4.78, 5) is 11.7. The first-order valence-corrected chi connectivity index (χ1v) is 6.67. The largest absolute Gasteiger partial charge is 0.335 e. The Morgan fingerprint density at radius 1 is 1.00 bits per heavy atom. The second-order valence-corrected chi connectivity index (χ2v) is 4.95. The summed E-state index contributed by atoms with van der Waals surface area (Å²) in [5, 5.41) is 5.31. The van der Waals surface area contributed by atoms with Crippen molar-refractivity contribution in [1.82, 2.24) is 5.32 Å². The average molecular weight is 268 g/mol. The molecular weight excluding hydrogens is 250 g/mol. The number of rotatable bonds is 2. The Balaban J connectivity index is 1.89. The molecule has 0 spiro atoms. The first-order chi connectivity index (χ1) is 9.13. The highest BCUT2D eigenvalue weighted by atomic mass is 19.1. The molecule has 0 radical (unpaired) electrons. The number of halogens is 2. The normalized spacial score (nSPS) is 16.7. The van der Waals surface area contributed by atoms with Gasteiger partial charge in [-0.1, -0.05) is 25.7 Å². The van der Waals surface area contributed by atoms with Crippen molar-refractivity contribution in [1.29, 1.82) is 0 Å². The second-order valence-electron chi connectivity index (χ2n) is 4.95. The van der Waals surface area contributed by atoms with E-state index in [-0.39, 0.29) is 11.7 Å². The van der Waals surface area contributed by atoms with Crippen LogP contribution in [0.5, 0.6) is 0 Å². The van der Waals surface area contributed by atoms with Gasteiger partial charge in [-0.15, -0.1) is 0 Å². The zero-order valence-electron chi connectivity index (χ0n) is 10.7. The number of carbonyl (C=O) groups excluding carboxylic acids is 1. The fourth-order valence-corrected chi connectivity index (χ4v) is 2.40. The number of carbonyl (C=O) groups is 1. The van der Waals surface area contributed by atoms with Gasteiger partial charge in [-0.05, 0) is 25.0 Å². The molecule has 0 aromatic heterocycles. The van der Waals surface area contributed by atoms with Crippen LogP contribution in [-0.4, -0.2) is 12.1 Å². The molecule has 3 nitrogen and oxygen atoms in total. The smallest absolute Gasteiger partial charge is 0.319 e. The molecule has 1 aromatic rings. The molecule has 1 aliphatic carbocycles. The lowest BCUT2D eigenvalue weighted by Gasteiger charge is -2.16. The molecule has 0 aliphatic heterocycles. The topological polar surface area (TPSA) is 41.1 Å². The maximum atomic E-state index is 13.0. The summed E-state index contributed by atoms with van der Waals surface area (Å²) < 4.78 is 26.0. The average Bonchev–Trinajstić information content (AvgIpc) is 2.55. The monoisotopic (exact) mass is 268 g/mol. The Kier molecular flexibility index (Phi) is 4.71. The molecule has 5 heteroatoms. The molecule has 19 heavy (non-hydrogen) atoms. The second kappa shape index (κ2) is 6.50. The van der Waals surface area contributed by atoms with Gasteiger partial charge in [0.2, 0.25) is 0 Å². The lowest BCUT2D eigenvalue weighted by molar-refractivity contribution is 0.247. The van der Waals surface area contributed by atoms with E-state index in [0.29, 0.717) is 0 Å². The first-order valence-electron chi connectivity index (χ1n) is 6.67. The molecule has 2 N–H and O–H groups in total. The minimum absolute atomic E-state index is 0.128. The molecule has 2 rings (SSSR count). The number of benzene rings is 1. The van der Waals surface area contributed by atoms with Gasteiger partial charge in [0.15, 0.2) is 0 Å². The maximum absolute atomic E-state index is 13.0. The molecular formula is C14H18F2N2O. The Labute approximate surface area is 111 Å². The minimum Gasteiger partial charge on any atom is -0.335 e. The summed E-state index contributed by atoms with van der Waals surface area (Å²) in [5.74, 6) is -1.41. The summed E-state index contributed by atoms with van der Waals surface area (Å²) >= 11 is 0. The Morgan fingerprint density at radius 2 is 1.58 bits per heavy atom. The summed E-state index contributed by atoms with van der Waals surface area (Å²) in [6.45, 7) is 0. The first kappa shape index (κ1) is 13.8. The molecule has 0 atom stereocenters. The number of hydrogen-bond donors (Lipinski definition) is 2. The lowest BCUT2D eigenvalue weighted by atomic mass is 10.1. The van der Waals surface area contributed by atoms with Gasteiger partial charge in [0.25, 0.3) is 0 Å². The van der Waals surface area contributed by atoms with Crippen molar-refractivity contribution in [3.63, 3.8) is 0 Å². The van der Waals surface area contributed by atoms with Gasteiger partial charge in [-0.2, -0.15) is 0 Å². The molecule has 1 fully saturated rings. The number of nitrogens with one attached hydrogen (secondary N) is 2. The molecule has 1 saturated carbocycles. The summed E-state index contributed by atoms with van der Waals surface area (Å²) in [6.07, 6.45) is 6.55.